The van der Waals surface area contributed by atoms with E-state index in [1.54, 1.807) is 16.7 Å². The zero-order chi connectivity index (χ0) is 18.1. The van der Waals surface area contributed by atoms with E-state index in [0.29, 0.717) is 0 Å². The molecule has 0 nitrogen and oxygen atoms in total. The highest BCUT2D eigenvalue weighted by atomic mass is 14.4. The molecule has 0 heteroatoms. The molecule has 7 aliphatic carbocycles. The summed E-state index contributed by atoms with van der Waals surface area (Å²) in [6.07, 6.45) is 31.3. The van der Waals surface area contributed by atoms with Gasteiger partial charge in [-0.3, -0.25) is 0 Å². The molecule has 4 atom stereocenters. The summed E-state index contributed by atoms with van der Waals surface area (Å²) in [4.78, 5) is 0. The Morgan fingerprint density at radius 3 is 1.63 bits per heavy atom. The molecule has 146 valence electrons. The van der Waals surface area contributed by atoms with Crippen molar-refractivity contribution < 1.29 is 0 Å². The Hall–Kier alpha value is -1.04. The lowest BCUT2D eigenvalue weighted by Crippen LogP contribution is -2.12. The first-order valence-corrected chi connectivity index (χ1v) is 12.1. The van der Waals surface area contributed by atoms with E-state index >= 15 is 0 Å². The molecule has 0 heterocycles. The lowest BCUT2D eigenvalue weighted by Gasteiger charge is -2.24. The molecule has 3 fully saturated rings. The molecule has 0 aromatic rings. The monoisotopic (exact) mass is 362 g/mol. The van der Waals surface area contributed by atoms with Gasteiger partial charge in [0.25, 0.3) is 0 Å². The van der Waals surface area contributed by atoms with Gasteiger partial charge in [-0.15, -0.1) is 0 Å². The summed E-state index contributed by atoms with van der Waals surface area (Å²) in [7, 11) is 0. The highest BCUT2D eigenvalue weighted by Crippen LogP contribution is 2.49. The van der Waals surface area contributed by atoms with Crippen LogP contribution in [0.25, 0.3) is 0 Å². The van der Waals surface area contributed by atoms with Crippen molar-refractivity contribution >= 4 is 0 Å². The molecule has 0 aromatic carbocycles. The average molecular weight is 363 g/mol. The van der Waals surface area contributed by atoms with E-state index in [4.69, 9.17) is 0 Å². The van der Waals surface area contributed by atoms with Gasteiger partial charge in [0.05, 0.1) is 0 Å². The SMILES string of the molecule is C1=C2CC(C1)C(C1=CCCCC1)C2.C1=C2CCC(C1)C2.C1=C2CCC(C1)C2. The Morgan fingerprint density at radius 2 is 1.30 bits per heavy atom. The van der Waals surface area contributed by atoms with Crippen molar-refractivity contribution in [1.82, 2.24) is 0 Å². The van der Waals surface area contributed by atoms with E-state index in [0.717, 1.165) is 23.7 Å². The quantitative estimate of drug-likeness (QED) is 0.414. The number of allylic oxidation sites excluding steroid dienone is 8. The van der Waals surface area contributed by atoms with Crippen LogP contribution in [0.1, 0.15) is 96.3 Å². The van der Waals surface area contributed by atoms with Crippen molar-refractivity contribution in [2.75, 3.05) is 0 Å². The Kier molecular flexibility index (Phi) is 5.43. The van der Waals surface area contributed by atoms with Gasteiger partial charge in [-0.25, -0.2) is 0 Å². The molecule has 4 unspecified atom stereocenters. The van der Waals surface area contributed by atoms with Crippen LogP contribution in [0.2, 0.25) is 0 Å². The van der Waals surface area contributed by atoms with Gasteiger partial charge in [0.2, 0.25) is 0 Å². The van der Waals surface area contributed by atoms with Crippen LogP contribution in [0.5, 0.6) is 0 Å². The topological polar surface area (TPSA) is 0 Å². The largest absolute Gasteiger partial charge is 0.0850 e. The van der Waals surface area contributed by atoms with E-state index in [1.807, 2.05) is 5.57 Å². The predicted octanol–water partition coefficient (Wildman–Crippen LogP) is 8.08. The molecule has 0 amide bonds. The zero-order valence-corrected chi connectivity index (χ0v) is 17.2. The summed E-state index contributed by atoms with van der Waals surface area (Å²) < 4.78 is 0. The maximum atomic E-state index is 2.55. The van der Waals surface area contributed by atoms with Gasteiger partial charge in [0.15, 0.2) is 0 Å². The lowest BCUT2D eigenvalue weighted by molar-refractivity contribution is 0.423. The first-order chi connectivity index (χ1) is 13.3. The fourth-order valence-electron chi connectivity index (χ4n) is 6.75. The smallest absolute Gasteiger partial charge is 0.0132 e. The minimum absolute atomic E-state index is 0.972. The molecule has 0 saturated heterocycles. The Balaban J connectivity index is 0.0000000967. The molecule has 0 spiro atoms. The van der Waals surface area contributed by atoms with Crippen molar-refractivity contribution in [2.45, 2.75) is 96.3 Å². The summed E-state index contributed by atoms with van der Waals surface area (Å²) in [5.41, 5.74) is 7.07. The summed E-state index contributed by atoms with van der Waals surface area (Å²) in [6.45, 7) is 0. The summed E-state index contributed by atoms with van der Waals surface area (Å²) in [5, 5.41) is 0. The first-order valence-electron chi connectivity index (χ1n) is 12.1. The molecular weight excluding hydrogens is 324 g/mol. The van der Waals surface area contributed by atoms with Gasteiger partial charge in [0.1, 0.15) is 0 Å². The van der Waals surface area contributed by atoms with E-state index in [-0.39, 0.29) is 0 Å². The van der Waals surface area contributed by atoms with Crippen molar-refractivity contribution in [2.24, 2.45) is 23.7 Å². The number of rotatable bonds is 1. The second-order valence-electron chi connectivity index (χ2n) is 10.3. The Bertz CT molecular complexity index is 640. The standard InChI is InChI=1S/C13H18.2C7H10/c1-2-4-11(5-3-1)13-9-10-6-7-12(13)8-10;2*1-2-7-4-3-6(1)5-7/h4,6,12-13H,1-3,5,7-9H2;2*1,7H,2-5H2. The minimum Gasteiger partial charge on any atom is -0.0850 e. The lowest BCUT2D eigenvalue weighted by atomic mass is 9.81. The van der Waals surface area contributed by atoms with Crippen molar-refractivity contribution in [3.8, 4) is 0 Å². The summed E-state index contributed by atoms with van der Waals surface area (Å²) in [5.74, 6) is 4.14. The van der Waals surface area contributed by atoms with Crippen molar-refractivity contribution in [3.63, 3.8) is 0 Å². The molecule has 27 heavy (non-hydrogen) atoms. The third-order valence-corrected chi connectivity index (χ3v) is 8.42. The number of fused-ring (bicyclic) bond motifs is 6. The van der Waals surface area contributed by atoms with Crippen LogP contribution in [0.3, 0.4) is 0 Å². The van der Waals surface area contributed by atoms with Gasteiger partial charge >= 0.3 is 0 Å². The number of hydrogen-bond donors (Lipinski definition) is 0. The number of hydrogen-bond acceptors (Lipinski definition) is 0. The molecule has 0 aromatic heterocycles. The maximum absolute atomic E-state index is 2.55. The van der Waals surface area contributed by atoms with E-state index in [2.05, 4.69) is 24.3 Å². The van der Waals surface area contributed by atoms with Crippen LogP contribution < -0.4 is 0 Å². The van der Waals surface area contributed by atoms with Gasteiger partial charge < -0.3 is 0 Å². The predicted molar refractivity (Wildman–Crippen MR) is 116 cm³/mol. The highest BCUT2D eigenvalue weighted by molar-refractivity contribution is 5.26. The second kappa shape index (κ2) is 8.14. The fourth-order valence-corrected chi connectivity index (χ4v) is 6.75. The van der Waals surface area contributed by atoms with Crippen LogP contribution in [-0.2, 0) is 0 Å². The molecule has 3 saturated carbocycles. The molecule has 6 bridgehead atoms. The first kappa shape index (κ1) is 18.0. The van der Waals surface area contributed by atoms with Crippen LogP contribution in [0, 0.1) is 23.7 Å². The van der Waals surface area contributed by atoms with E-state index < -0.39 is 0 Å². The Morgan fingerprint density at radius 1 is 0.593 bits per heavy atom. The average Bonchev–Trinajstić information content (AvgIpc) is 3.56. The van der Waals surface area contributed by atoms with E-state index in [9.17, 15) is 0 Å². The van der Waals surface area contributed by atoms with Crippen LogP contribution >= 0.6 is 0 Å². The third-order valence-electron chi connectivity index (χ3n) is 8.42. The molecular formula is C27H38. The molecule has 0 aliphatic heterocycles. The third kappa shape index (κ3) is 4.20. The van der Waals surface area contributed by atoms with Crippen LogP contribution in [0.15, 0.2) is 46.6 Å². The van der Waals surface area contributed by atoms with Crippen molar-refractivity contribution in [1.29, 1.82) is 0 Å². The molecule has 7 rings (SSSR count). The van der Waals surface area contributed by atoms with Gasteiger partial charge in [-0.1, -0.05) is 46.6 Å². The highest BCUT2D eigenvalue weighted by Gasteiger charge is 2.35. The fraction of sp³-hybridized carbons (Fsp3) is 0.704. The summed E-state index contributed by atoms with van der Waals surface area (Å²) in [6, 6.07) is 0. The molecule has 7 aliphatic rings. The van der Waals surface area contributed by atoms with E-state index in [1.165, 1.54) is 96.3 Å². The molecule has 0 N–H and O–H groups in total. The van der Waals surface area contributed by atoms with Gasteiger partial charge in [-0.05, 0) is 120 Å². The maximum Gasteiger partial charge on any atom is -0.0132 e. The van der Waals surface area contributed by atoms with Gasteiger partial charge in [0, 0.05) is 0 Å². The van der Waals surface area contributed by atoms with Gasteiger partial charge in [-0.2, -0.15) is 0 Å². The van der Waals surface area contributed by atoms with Crippen LogP contribution in [-0.4, -0.2) is 0 Å². The molecule has 0 radical (unpaired) electrons. The Labute approximate surface area is 166 Å². The zero-order valence-electron chi connectivity index (χ0n) is 17.2. The normalized spacial score (nSPS) is 37.0. The second-order valence-corrected chi connectivity index (χ2v) is 10.3. The van der Waals surface area contributed by atoms with Crippen LogP contribution in [0.4, 0.5) is 0 Å². The minimum atomic E-state index is 0.972. The van der Waals surface area contributed by atoms with Crippen molar-refractivity contribution in [3.05, 3.63) is 46.6 Å². The summed E-state index contributed by atoms with van der Waals surface area (Å²) >= 11 is 0.